The van der Waals surface area contributed by atoms with Crippen LogP contribution in [0.4, 0.5) is 4.39 Å². The van der Waals surface area contributed by atoms with Crippen LogP contribution in [-0.2, 0) is 6.54 Å². The van der Waals surface area contributed by atoms with E-state index in [0.29, 0.717) is 17.0 Å². The minimum Gasteiger partial charge on any atom is -0.477 e. The lowest BCUT2D eigenvalue weighted by molar-refractivity contribution is 0.0702. The highest BCUT2D eigenvalue weighted by molar-refractivity contribution is 7.21. The van der Waals surface area contributed by atoms with Crippen molar-refractivity contribution in [2.75, 3.05) is 0 Å². The Morgan fingerprint density at radius 3 is 2.22 bits per heavy atom. The van der Waals surface area contributed by atoms with E-state index in [1.807, 2.05) is 72.8 Å². The summed E-state index contributed by atoms with van der Waals surface area (Å²) in [7, 11) is 0. The number of aromatic nitrogens is 2. The monoisotopic (exact) mass is 504 g/mol. The Kier molecular flexibility index (Phi) is 5.87. The zero-order valence-corrected chi connectivity index (χ0v) is 20.5. The Hall–Kier alpha value is -4.55. The summed E-state index contributed by atoms with van der Waals surface area (Å²) in [6.45, 7) is 0.548. The second-order valence-corrected chi connectivity index (χ2v) is 9.77. The van der Waals surface area contributed by atoms with Gasteiger partial charge in [0.2, 0.25) is 0 Å². The van der Waals surface area contributed by atoms with Gasteiger partial charge in [0.15, 0.2) is 0 Å². The van der Waals surface area contributed by atoms with Gasteiger partial charge in [-0.15, -0.1) is 11.3 Å². The number of pyridine rings is 1. The predicted octanol–water partition coefficient (Wildman–Crippen LogP) is 7.98. The summed E-state index contributed by atoms with van der Waals surface area (Å²) in [5.74, 6) is -1.20. The van der Waals surface area contributed by atoms with Crippen molar-refractivity contribution in [3.63, 3.8) is 0 Å². The van der Waals surface area contributed by atoms with Gasteiger partial charge in [0.05, 0.1) is 15.9 Å². The second-order valence-electron chi connectivity index (χ2n) is 8.72. The third-order valence-electron chi connectivity index (χ3n) is 6.44. The molecule has 6 heteroatoms. The van der Waals surface area contributed by atoms with Crippen molar-refractivity contribution in [2.24, 2.45) is 0 Å². The topological polar surface area (TPSA) is 55.1 Å². The van der Waals surface area contributed by atoms with E-state index in [1.165, 1.54) is 17.4 Å². The van der Waals surface area contributed by atoms with Gasteiger partial charge in [0.25, 0.3) is 0 Å². The lowest BCUT2D eigenvalue weighted by Crippen LogP contribution is -2.03. The van der Waals surface area contributed by atoms with Gasteiger partial charge >= 0.3 is 5.97 Å². The van der Waals surface area contributed by atoms with E-state index in [0.717, 1.165) is 43.7 Å². The smallest absolute Gasteiger partial charge is 0.345 e. The SMILES string of the molecule is O=C(O)c1cc2c(s1)c(-c1ccccc1)c(-c1ccc(-c3ccccc3F)cc1)n2Cc1ccncc1. The van der Waals surface area contributed by atoms with Gasteiger partial charge in [-0.1, -0.05) is 72.8 Å². The molecule has 0 bridgehead atoms. The van der Waals surface area contributed by atoms with Crippen LogP contribution >= 0.6 is 11.3 Å². The first-order chi connectivity index (χ1) is 18.1. The van der Waals surface area contributed by atoms with Crippen LogP contribution in [0.2, 0.25) is 0 Å². The van der Waals surface area contributed by atoms with Crippen molar-refractivity contribution >= 4 is 27.5 Å². The third kappa shape index (κ3) is 4.21. The van der Waals surface area contributed by atoms with Gasteiger partial charge in [-0.05, 0) is 46.5 Å². The molecule has 180 valence electrons. The van der Waals surface area contributed by atoms with E-state index in [1.54, 1.807) is 30.6 Å². The van der Waals surface area contributed by atoms with Crippen LogP contribution in [0.15, 0.2) is 109 Å². The minimum atomic E-state index is -0.938. The van der Waals surface area contributed by atoms with Gasteiger partial charge in [-0.3, -0.25) is 4.98 Å². The van der Waals surface area contributed by atoms with Gasteiger partial charge in [0.1, 0.15) is 10.7 Å². The van der Waals surface area contributed by atoms with Crippen LogP contribution in [0.1, 0.15) is 15.2 Å². The van der Waals surface area contributed by atoms with Gasteiger partial charge in [-0.2, -0.15) is 0 Å². The number of hydrogen-bond acceptors (Lipinski definition) is 3. The first-order valence-corrected chi connectivity index (χ1v) is 12.6. The molecule has 3 aromatic carbocycles. The van der Waals surface area contributed by atoms with Crippen LogP contribution in [0.25, 0.3) is 43.7 Å². The Labute approximate surface area is 216 Å². The number of carboxylic acids is 1. The number of benzene rings is 3. The average Bonchev–Trinajstić information content (AvgIpc) is 3.49. The van der Waals surface area contributed by atoms with E-state index in [4.69, 9.17) is 0 Å². The molecule has 0 saturated carbocycles. The maximum atomic E-state index is 14.4. The molecular weight excluding hydrogens is 483 g/mol. The number of aromatic carboxylic acids is 1. The van der Waals surface area contributed by atoms with Crippen molar-refractivity contribution in [3.8, 4) is 33.5 Å². The quantitative estimate of drug-likeness (QED) is 0.250. The molecule has 6 rings (SSSR count). The molecule has 0 fully saturated rings. The number of halogens is 1. The van der Waals surface area contributed by atoms with E-state index < -0.39 is 5.97 Å². The Morgan fingerprint density at radius 1 is 0.838 bits per heavy atom. The molecule has 0 amide bonds. The molecule has 4 nitrogen and oxygen atoms in total. The maximum Gasteiger partial charge on any atom is 0.345 e. The highest BCUT2D eigenvalue weighted by atomic mass is 32.1. The summed E-state index contributed by atoms with van der Waals surface area (Å²) in [4.78, 5) is 16.3. The fourth-order valence-corrected chi connectivity index (χ4v) is 5.81. The van der Waals surface area contributed by atoms with Crippen molar-refractivity contribution < 1.29 is 14.3 Å². The van der Waals surface area contributed by atoms with Gasteiger partial charge < -0.3 is 9.67 Å². The number of carbonyl (C=O) groups is 1. The highest BCUT2D eigenvalue weighted by Gasteiger charge is 2.24. The first kappa shape index (κ1) is 22.9. The predicted molar refractivity (Wildman–Crippen MR) is 146 cm³/mol. The van der Waals surface area contributed by atoms with E-state index in [2.05, 4.69) is 9.55 Å². The lowest BCUT2D eigenvalue weighted by Gasteiger charge is -2.14. The number of fused-ring (bicyclic) bond motifs is 1. The number of hydrogen-bond donors (Lipinski definition) is 1. The Morgan fingerprint density at radius 2 is 1.51 bits per heavy atom. The molecule has 0 aliphatic heterocycles. The molecule has 0 radical (unpaired) electrons. The summed E-state index contributed by atoms with van der Waals surface area (Å²) in [6.07, 6.45) is 3.51. The number of rotatable bonds is 6. The average molecular weight is 505 g/mol. The second kappa shape index (κ2) is 9.48. The zero-order chi connectivity index (χ0) is 25.4. The number of thiophene rings is 1. The largest absolute Gasteiger partial charge is 0.477 e. The standard InChI is InChI=1S/C31H21FN2O2S/c32-25-9-5-4-8-24(25)21-10-12-23(13-11-21)29-28(22-6-2-1-3-7-22)30-26(18-27(37-30)31(35)36)34(29)19-20-14-16-33-17-15-20/h1-18H,19H2,(H,35,36). The Balaban J connectivity index is 1.60. The third-order valence-corrected chi connectivity index (χ3v) is 7.57. The lowest BCUT2D eigenvalue weighted by atomic mass is 9.98. The maximum absolute atomic E-state index is 14.4. The molecule has 3 aromatic heterocycles. The summed E-state index contributed by atoms with van der Waals surface area (Å²) in [5.41, 5.74) is 7.22. The molecule has 0 saturated heterocycles. The van der Waals surface area contributed by atoms with Crippen molar-refractivity contribution in [1.29, 1.82) is 0 Å². The van der Waals surface area contributed by atoms with Crippen LogP contribution in [0.3, 0.4) is 0 Å². The molecule has 0 aliphatic rings. The van der Waals surface area contributed by atoms with Gasteiger partial charge in [-0.25, -0.2) is 9.18 Å². The summed E-state index contributed by atoms with van der Waals surface area (Å²) < 4.78 is 17.5. The van der Waals surface area contributed by atoms with Crippen molar-refractivity contribution in [3.05, 3.63) is 126 Å². The van der Waals surface area contributed by atoms with E-state index in [9.17, 15) is 14.3 Å². The number of nitrogens with zero attached hydrogens (tertiary/aromatic N) is 2. The molecule has 1 N–H and O–H groups in total. The van der Waals surface area contributed by atoms with Crippen LogP contribution in [0, 0.1) is 5.82 Å². The molecule has 0 spiro atoms. The Bertz CT molecular complexity index is 1720. The molecule has 0 atom stereocenters. The summed E-state index contributed by atoms with van der Waals surface area (Å²) in [5, 5.41) is 9.76. The molecule has 0 aliphatic carbocycles. The summed E-state index contributed by atoms with van der Waals surface area (Å²) >= 11 is 1.29. The molecule has 6 aromatic rings. The number of carboxylic acid groups (broad SMARTS) is 1. The van der Waals surface area contributed by atoms with E-state index >= 15 is 0 Å². The van der Waals surface area contributed by atoms with Crippen LogP contribution in [0.5, 0.6) is 0 Å². The first-order valence-electron chi connectivity index (χ1n) is 11.8. The van der Waals surface area contributed by atoms with Crippen LogP contribution in [-0.4, -0.2) is 20.6 Å². The molecule has 37 heavy (non-hydrogen) atoms. The summed E-state index contributed by atoms with van der Waals surface area (Å²) in [6, 6.07) is 30.3. The van der Waals surface area contributed by atoms with E-state index in [-0.39, 0.29) is 5.82 Å². The fraction of sp³-hybridized carbons (Fsp3) is 0.0323. The van der Waals surface area contributed by atoms with Crippen LogP contribution < -0.4 is 0 Å². The molecule has 0 unspecified atom stereocenters. The highest BCUT2D eigenvalue weighted by Crippen LogP contribution is 2.45. The molecular formula is C31H21FN2O2S. The van der Waals surface area contributed by atoms with Crippen molar-refractivity contribution in [2.45, 2.75) is 6.54 Å². The fourth-order valence-electron chi connectivity index (χ4n) is 4.74. The van der Waals surface area contributed by atoms with Crippen molar-refractivity contribution in [1.82, 2.24) is 9.55 Å². The normalized spacial score (nSPS) is 11.2. The minimum absolute atomic E-state index is 0.261. The molecule has 3 heterocycles. The van der Waals surface area contributed by atoms with Gasteiger partial charge in [0, 0.05) is 30.1 Å². The zero-order valence-electron chi connectivity index (χ0n) is 19.6.